The van der Waals surface area contributed by atoms with E-state index in [1.54, 1.807) is 0 Å². The first-order valence-corrected chi connectivity index (χ1v) is 9.26. The van der Waals surface area contributed by atoms with Crippen LogP contribution in [-0.2, 0) is 18.5 Å². The molecule has 1 aliphatic rings. The van der Waals surface area contributed by atoms with Crippen molar-refractivity contribution in [1.82, 2.24) is 9.21 Å². The average molecular weight is 315 g/mol. The lowest BCUT2D eigenvalue weighted by molar-refractivity contribution is 0.225. The average Bonchev–Trinajstić information content (AvgIpc) is 2.35. The van der Waals surface area contributed by atoms with E-state index >= 15 is 0 Å². The highest BCUT2D eigenvalue weighted by molar-refractivity contribution is 9.06. The summed E-state index contributed by atoms with van der Waals surface area (Å²) in [4.78, 5) is 2.09. The number of nitrogens with zero attached hydrogens (tertiary/aromatic N) is 3. The monoisotopic (exact) mass is 315 g/mol. The fourth-order valence-corrected chi connectivity index (χ4v) is 5.26. The molecular weight excluding hydrogens is 298 g/mol. The highest BCUT2D eigenvalue weighted by atomic mass is 33.5. The Kier molecular flexibility index (Phi) is 6.57. The van der Waals surface area contributed by atoms with Crippen molar-refractivity contribution < 1.29 is 17.9 Å². The Morgan fingerprint density at radius 3 is 2.22 bits per heavy atom. The van der Waals surface area contributed by atoms with Crippen LogP contribution in [0.1, 0.15) is 0 Å². The van der Waals surface area contributed by atoms with Gasteiger partial charge in [-0.2, -0.15) is 12.7 Å². The minimum Gasteiger partial charge on any atom is -0.453 e. The second kappa shape index (κ2) is 7.43. The molecule has 1 fully saturated rings. The van der Waals surface area contributed by atoms with Gasteiger partial charge in [0.25, 0.3) is 9.06 Å². The number of ether oxygens (including phenoxy) is 2. The topological polar surface area (TPSA) is 71.4 Å². The van der Waals surface area contributed by atoms with Crippen LogP contribution in [0.15, 0.2) is 4.40 Å². The van der Waals surface area contributed by atoms with Crippen LogP contribution in [0.4, 0.5) is 0 Å². The number of methoxy groups -OCH3 is 2. The third-order valence-corrected chi connectivity index (χ3v) is 7.46. The second-order valence-electron chi connectivity index (χ2n) is 3.57. The minimum absolute atomic E-state index is 0.0427. The van der Waals surface area contributed by atoms with Gasteiger partial charge in [0, 0.05) is 26.2 Å². The van der Waals surface area contributed by atoms with Crippen molar-refractivity contribution in [3.63, 3.8) is 0 Å². The Morgan fingerprint density at radius 1 is 1.17 bits per heavy atom. The zero-order valence-corrected chi connectivity index (χ0v) is 13.0. The van der Waals surface area contributed by atoms with Gasteiger partial charge in [-0.05, 0) is 7.05 Å². The summed E-state index contributed by atoms with van der Waals surface area (Å²) in [6.07, 6.45) is 0.0427. The summed E-state index contributed by atoms with van der Waals surface area (Å²) in [5.74, 6) is 0. The molecule has 0 spiro atoms. The Morgan fingerprint density at radius 2 is 1.72 bits per heavy atom. The summed E-state index contributed by atoms with van der Waals surface area (Å²) in [6, 6.07) is 0. The van der Waals surface area contributed by atoms with Gasteiger partial charge >= 0.3 is 6.08 Å². The predicted molar refractivity (Wildman–Crippen MR) is 74.6 cm³/mol. The summed E-state index contributed by atoms with van der Waals surface area (Å²) >= 11 is 0. The van der Waals surface area contributed by atoms with Crippen molar-refractivity contribution in [2.75, 3.05) is 47.4 Å². The van der Waals surface area contributed by atoms with Crippen LogP contribution >= 0.6 is 20.8 Å². The lowest BCUT2D eigenvalue weighted by atomic mass is 10.4. The normalized spacial score (nSPS) is 18.4. The summed E-state index contributed by atoms with van der Waals surface area (Å²) in [5, 5.41) is 0. The van der Waals surface area contributed by atoms with Crippen LogP contribution in [0.25, 0.3) is 0 Å². The molecule has 1 heterocycles. The summed E-state index contributed by atoms with van der Waals surface area (Å²) in [7, 11) is 2.95. The Balaban J connectivity index is 2.47. The van der Waals surface area contributed by atoms with E-state index in [2.05, 4.69) is 9.30 Å². The molecule has 10 heteroatoms. The smallest absolute Gasteiger partial charge is 0.395 e. The summed E-state index contributed by atoms with van der Waals surface area (Å²) in [5.41, 5.74) is 0. The lowest BCUT2D eigenvalue weighted by Crippen LogP contribution is -2.45. The molecule has 1 rings (SSSR count). The molecule has 0 amide bonds. The van der Waals surface area contributed by atoms with Crippen LogP contribution in [-0.4, -0.2) is 71.2 Å². The first kappa shape index (κ1) is 15.9. The van der Waals surface area contributed by atoms with Gasteiger partial charge in [-0.3, -0.25) is 0 Å². The van der Waals surface area contributed by atoms with E-state index in [1.165, 1.54) is 18.5 Å². The van der Waals surface area contributed by atoms with E-state index in [0.717, 1.165) is 24.1 Å². The van der Waals surface area contributed by atoms with Crippen molar-refractivity contribution in [2.45, 2.75) is 0 Å². The van der Waals surface area contributed by atoms with Crippen LogP contribution in [0.2, 0.25) is 0 Å². The quantitative estimate of drug-likeness (QED) is 0.322. The molecule has 0 aromatic carbocycles. The molecule has 0 bridgehead atoms. The fraction of sp³-hybridized carbons (Fsp3) is 0.875. The molecular formula is C8H17N3O4S3. The Labute approximate surface area is 115 Å². The predicted octanol–water partition coefficient (Wildman–Crippen LogP) is 0.424. The standard InChI is InChI=1S/C8H17N3O4S3/c1-10-4-6-11(7-5-10)18(12,13)17-16-9-8(14-2)15-3/h4-7H2,1-3H3. The van der Waals surface area contributed by atoms with Crippen LogP contribution < -0.4 is 0 Å². The van der Waals surface area contributed by atoms with Crippen LogP contribution in [0, 0.1) is 0 Å². The third-order valence-electron chi connectivity index (χ3n) is 2.36. The summed E-state index contributed by atoms with van der Waals surface area (Å²) < 4.78 is 38.7. The highest BCUT2D eigenvalue weighted by Gasteiger charge is 2.26. The van der Waals surface area contributed by atoms with E-state index in [1.807, 2.05) is 7.05 Å². The minimum atomic E-state index is -3.35. The van der Waals surface area contributed by atoms with Gasteiger partial charge in [0.1, 0.15) is 0 Å². The highest BCUT2D eigenvalue weighted by Crippen LogP contribution is 2.32. The number of hydrogen-bond donors (Lipinski definition) is 0. The third kappa shape index (κ3) is 4.84. The SMILES string of the molecule is COC(=NSSS(=O)(=O)N1CCN(C)CC1)OC. The van der Waals surface area contributed by atoms with Crippen molar-refractivity contribution in [2.24, 2.45) is 4.40 Å². The molecule has 0 aromatic rings. The van der Waals surface area contributed by atoms with Gasteiger partial charge < -0.3 is 14.4 Å². The molecule has 0 unspecified atom stereocenters. The molecule has 0 N–H and O–H groups in total. The van der Waals surface area contributed by atoms with Crippen molar-refractivity contribution in [3.05, 3.63) is 0 Å². The molecule has 0 aliphatic carbocycles. The zero-order valence-electron chi connectivity index (χ0n) is 10.5. The number of hydrogen-bond acceptors (Lipinski definition) is 8. The van der Waals surface area contributed by atoms with Gasteiger partial charge in [-0.1, -0.05) is 0 Å². The van der Waals surface area contributed by atoms with Gasteiger partial charge in [0.05, 0.1) is 35.0 Å². The maximum atomic E-state index is 11.9. The molecule has 0 aromatic heterocycles. The first-order chi connectivity index (χ1) is 8.49. The van der Waals surface area contributed by atoms with Crippen molar-refractivity contribution in [1.29, 1.82) is 0 Å². The molecule has 18 heavy (non-hydrogen) atoms. The maximum absolute atomic E-state index is 11.9. The molecule has 7 nitrogen and oxygen atoms in total. The maximum Gasteiger partial charge on any atom is 0.395 e. The molecule has 106 valence electrons. The van der Waals surface area contributed by atoms with E-state index in [0.29, 0.717) is 22.9 Å². The Bertz CT molecular complexity index is 373. The van der Waals surface area contributed by atoms with Crippen LogP contribution in [0.3, 0.4) is 0 Å². The molecule has 0 saturated carbocycles. The second-order valence-corrected chi connectivity index (χ2v) is 8.75. The summed E-state index contributed by atoms with van der Waals surface area (Å²) in [6.45, 7) is 2.51. The molecule has 1 aliphatic heterocycles. The first-order valence-electron chi connectivity index (χ1n) is 5.19. The van der Waals surface area contributed by atoms with Gasteiger partial charge in [0.2, 0.25) is 0 Å². The van der Waals surface area contributed by atoms with Gasteiger partial charge in [0.15, 0.2) is 0 Å². The molecule has 0 atom stereocenters. The number of likely N-dealkylation sites (N-methyl/N-ethyl adjacent to an activating group) is 1. The van der Waals surface area contributed by atoms with Crippen molar-refractivity contribution >= 4 is 35.9 Å². The fourth-order valence-electron chi connectivity index (χ4n) is 1.30. The molecule has 1 saturated heterocycles. The Hall–Kier alpha value is -0.160. The number of piperazine rings is 1. The van der Waals surface area contributed by atoms with Gasteiger partial charge in [-0.15, -0.1) is 4.40 Å². The van der Waals surface area contributed by atoms with E-state index in [-0.39, 0.29) is 6.08 Å². The zero-order chi connectivity index (χ0) is 13.6. The number of rotatable bonds is 4. The lowest BCUT2D eigenvalue weighted by Gasteiger charge is -2.30. The van der Waals surface area contributed by atoms with E-state index in [9.17, 15) is 8.42 Å². The molecule has 0 radical (unpaired) electrons. The van der Waals surface area contributed by atoms with Crippen LogP contribution in [0.5, 0.6) is 0 Å². The van der Waals surface area contributed by atoms with E-state index in [4.69, 9.17) is 9.47 Å². The van der Waals surface area contributed by atoms with E-state index < -0.39 is 9.06 Å². The van der Waals surface area contributed by atoms with Crippen molar-refractivity contribution in [3.8, 4) is 0 Å². The van der Waals surface area contributed by atoms with Gasteiger partial charge in [-0.25, -0.2) is 0 Å². The largest absolute Gasteiger partial charge is 0.453 e.